The van der Waals surface area contributed by atoms with Gasteiger partial charge in [0.15, 0.2) is 0 Å². The summed E-state index contributed by atoms with van der Waals surface area (Å²) in [6.07, 6.45) is 1.71. The lowest BCUT2D eigenvalue weighted by Gasteiger charge is -2.36. The minimum Gasteiger partial charge on any atom is -0.444 e. The van der Waals surface area contributed by atoms with Gasteiger partial charge < -0.3 is 19.1 Å². The maximum absolute atomic E-state index is 12.5. The third kappa shape index (κ3) is 5.02. The number of aromatic nitrogens is 2. The van der Waals surface area contributed by atoms with E-state index in [0.717, 1.165) is 29.8 Å². The summed E-state index contributed by atoms with van der Waals surface area (Å²) >= 11 is 0. The second kappa shape index (κ2) is 9.45. The zero-order chi connectivity index (χ0) is 24.4. The normalized spacial score (nSPS) is 14.5. The first-order chi connectivity index (χ1) is 16.9. The van der Waals surface area contributed by atoms with Crippen LogP contribution >= 0.6 is 0 Å². The van der Waals surface area contributed by atoms with Gasteiger partial charge in [-0.3, -0.25) is 0 Å². The van der Waals surface area contributed by atoms with Crippen molar-refractivity contribution in [3.8, 4) is 0 Å². The standard InChI is InChI=1S/C29H32N4O2/c1-29(2,3)35-28(34)32-18-16-31(17-19-32)24-14-15-25-26(20-24)33(21-30-25)27(22-10-6-4-7-11-22)23-12-8-5-9-13-23/h4-15,20-21,27H,16-19H2,1-3H3. The van der Waals surface area contributed by atoms with Gasteiger partial charge in [-0.2, -0.15) is 0 Å². The third-order valence-corrected chi connectivity index (χ3v) is 6.36. The number of amides is 1. The van der Waals surface area contributed by atoms with E-state index in [0.29, 0.717) is 13.1 Å². The molecule has 0 bridgehead atoms. The van der Waals surface area contributed by atoms with Gasteiger partial charge in [0.25, 0.3) is 0 Å². The molecule has 35 heavy (non-hydrogen) atoms. The fourth-order valence-electron chi connectivity index (χ4n) is 4.67. The molecule has 0 unspecified atom stereocenters. The molecular formula is C29H32N4O2. The average molecular weight is 469 g/mol. The van der Waals surface area contributed by atoms with Crippen LogP contribution in [0.2, 0.25) is 0 Å². The lowest BCUT2D eigenvalue weighted by atomic mass is 9.98. The quantitative estimate of drug-likeness (QED) is 0.384. The van der Waals surface area contributed by atoms with Gasteiger partial charge in [-0.05, 0) is 50.1 Å². The molecule has 2 heterocycles. The van der Waals surface area contributed by atoms with Crippen molar-refractivity contribution in [2.75, 3.05) is 31.1 Å². The number of benzene rings is 3. The molecule has 3 aromatic carbocycles. The minimum atomic E-state index is -0.480. The van der Waals surface area contributed by atoms with Crippen LogP contribution in [-0.2, 0) is 4.74 Å². The number of nitrogens with zero attached hydrogens (tertiary/aromatic N) is 4. The molecule has 1 fully saturated rings. The van der Waals surface area contributed by atoms with Gasteiger partial charge in [-0.1, -0.05) is 60.7 Å². The van der Waals surface area contributed by atoms with Crippen LogP contribution < -0.4 is 4.90 Å². The minimum absolute atomic E-state index is 0.0293. The molecule has 0 aliphatic carbocycles. The van der Waals surface area contributed by atoms with E-state index in [1.165, 1.54) is 11.1 Å². The van der Waals surface area contributed by atoms with Gasteiger partial charge >= 0.3 is 6.09 Å². The number of carbonyl (C=O) groups is 1. The molecule has 6 heteroatoms. The van der Waals surface area contributed by atoms with Crippen molar-refractivity contribution in [2.24, 2.45) is 0 Å². The molecule has 5 rings (SSSR count). The molecule has 1 saturated heterocycles. The largest absolute Gasteiger partial charge is 0.444 e. The predicted molar refractivity (Wildman–Crippen MR) is 140 cm³/mol. The van der Waals surface area contributed by atoms with Gasteiger partial charge in [0.05, 0.1) is 23.4 Å². The molecule has 6 nitrogen and oxygen atoms in total. The van der Waals surface area contributed by atoms with Crippen LogP contribution in [0.5, 0.6) is 0 Å². The predicted octanol–water partition coefficient (Wildman–Crippen LogP) is 5.73. The van der Waals surface area contributed by atoms with Crippen LogP contribution in [0.15, 0.2) is 85.2 Å². The Balaban J connectivity index is 1.43. The van der Waals surface area contributed by atoms with E-state index < -0.39 is 5.60 Å². The highest BCUT2D eigenvalue weighted by atomic mass is 16.6. The van der Waals surface area contributed by atoms with Crippen molar-refractivity contribution < 1.29 is 9.53 Å². The number of fused-ring (bicyclic) bond motifs is 1. The summed E-state index contributed by atoms with van der Waals surface area (Å²) in [5.41, 5.74) is 5.16. The molecule has 0 saturated carbocycles. The first-order valence-electron chi connectivity index (χ1n) is 12.2. The first-order valence-corrected chi connectivity index (χ1v) is 12.2. The average Bonchev–Trinajstić information content (AvgIpc) is 3.27. The molecule has 1 aliphatic rings. The molecule has 1 aliphatic heterocycles. The van der Waals surface area contributed by atoms with Gasteiger partial charge in [-0.25, -0.2) is 9.78 Å². The Kier molecular flexibility index (Phi) is 6.20. The maximum Gasteiger partial charge on any atom is 0.410 e. The summed E-state index contributed by atoms with van der Waals surface area (Å²) < 4.78 is 7.81. The highest BCUT2D eigenvalue weighted by Gasteiger charge is 2.26. The zero-order valence-corrected chi connectivity index (χ0v) is 20.6. The van der Waals surface area contributed by atoms with Crippen LogP contribution in [0.3, 0.4) is 0 Å². The lowest BCUT2D eigenvalue weighted by molar-refractivity contribution is 0.0240. The molecule has 1 amide bonds. The Bertz CT molecular complexity index is 1250. The van der Waals surface area contributed by atoms with E-state index in [2.05, 4.69) is 76.2 Å². The van der Waals surface area contributed by atoms with Gasteiger partial charge in [0, 0.05) is 31.9 Å². The number of carbonyl (C=O) groups excluding carboxylic acids is 1. The van der Waals surface area contributed by atoms with Crippen molar-refractivity contribution in [2.45, 2.75) is 32.4 Å². The third-order valence-electron chi connectivity index (χ3n) is 6.36. The van der Waals surface area contributed by atoms with Gasteiger partial charge in [-0.15, -0.1) is 0 Å². The van der Waals surface area contributed by atoms with E-state index >= 15 is 0 Å². The SMILES string of the molecule is CC(C)(C)OC(=O)N1CCN(c2ccc3ncn(C(c4ccccc4)c4ccccc4)c3c2)CC1. The van der Waals surface area contributed by atoms with Crippen LogP contribution in [0.1, 0.15) is 37.9 Å². The second-order valence-corrected chi connectivity index (χ2v) is 10.0. The summed E-state index contributed by atoms with van der Waals surface area (Å²) in [7, 11) is 0. The molecule has 0 radical (unpaired) electrons. The second-order valence-electron chi connectivity index (χ2n) is 10.0. The highest BCUT2D eigenvalue weighted by molar-refractivity contribution is 5.80. The summed E-state index contributed by atoms with van der Waals surface area (Å²) in [6, 6.07) is 27.6. The maximum atomic E-state index is 12.5. The van der Waals surface area contributed by atoms with E-state index in [1.54, 1.807) is 4.90 Å². The number of imidazole rings is 1. The van der Waals surface area contributed by atoms with Crippen LogP contribution in [0.25, 0.3) is 11.0 Å². The summed E-state index contributed by atoms with van der Waals surface area (Å²) in [5.74, 6) is 0. The fourth-order valence-corrected chi connectivity index (χ4v) is 4.67. The number of rotatable bonds is 4. The van der Waals surface area contributed by atoms with Crippen LogP contribution in [0, 0.1) is 0 Å². The van der Waals surface area contributed by atoms with Gasteiger partial charge in [0.2, 0.25) is 0 Å². The number of ether oxygens (including phenoxy) is 1. The smallest absolute Gasteiger partial charge is 0.410 e. The molecule has 1 aromatic heterocycles. The molecule has 0 spiro atoms. The van der Waals surface area contributed by atoms with Crippen molar-refractivity contribution in [3.05, 3.63) is 96.3 Å². The van der Waals surface area contributed by atoms with Crippen molar-refractivity contribution >= 4 is 22.8 Å². The monoisotopic (exact) mass is 468 g/mol. The summed E-state index contributed by atoms with van der Waals surface area (Å²) in [4.78, 5) is 21.3. The number of hydrogen-bond acceptors (Lipinski definition) is 4. The Morgan fingerprint density at radius 1 is 0.857 bits per heavy atom. The number of anilines is 1. The highest BCUT2D eigenvalue weighted by Crippen LogP contribution is 2.32. The lowest BCUT2D eigenvalue weighted by Crippen LogP contribution is -2.50. The molecule has 0 N–H and O–H groups in total. The van der Waals surface area contributed by atoms with E-state index in [-0.39, 0.29) is 12.1 Å². The van der Waals surface area contributed by atoms with Crippen molar-refractivity contribution in [1.29, 1.82) is 0 Å². The number of hydrogen-bond donors (Lipinski definition) is 0. The van der Waals surface area contributed by atoms with Crippen molar-refractivity contribution in [1.82, 2.24) is 14.5 Å². The topological polar surface area (TPSA) is 50.6 Å². The van der Waals surface area contributed by atoms with E-state index in [9.17, 15) is 4.79 Å². The number of piperazine rings is 1. The molecule has 4 aromatic rings. The van der Waals surface area contributed by atoms with Gasteiger partial charge in [0.1, 0.15) is 5.60 Å². The van der Waals surface area contributed by atoms with Crippen LogP contribution in [-0.4, -0.2) is 52.3 Å². The Morgan fingerprint density at radius 2 is 1.46 bits per heavy atom. The fraction of sp³-hybridized carbons (Fsp3) is 0.310. The van der Waals surface area contributed by atoms with E-state index in [1.807, 2.05) is 39.2 Å². The van der Waals surface area contributed by atoms with Crippen LogP contribution in [0.4, 0.5) is 10.5 Å². The summed E-state index contributed by atoms with van der Waals surface area (Å²) in [5, 5.41) is 0. The summed E-state index contributed by atoms with van der Waals surface area (Å²) in [6.45, 7) is 8.51. The molecule has 0 atom stereocenters. The Hall–Kier alpha value is -3.80. The van der Waals surface area contributed by atoms with Crippen molar-refractivity contribution in [3.63, 3.8) is 0 Å². The molecule has 180 valence electrons. The Morgan fingerprint density at radius 3 is 2.03 bits per heavy atom. The van der Waals surface area contributed by atoms with E-state index in [4.69, 9.17) is 9.72 Å². The zero-order valence-electron chi connectivity index (χ0n) is 20.6. The Labute approximate surface area is 206 Å². The first kappa shape index (κ1) is 23.0. The molecular weight excluding hydrogens is 436 g/mol.